The number of nitrogens with one attached hydrogen (secondary N) is 1. The molecule has 0 fully saturated rings. The van der Waals surface area contributed by atoms with Gasteiger partial charge in [0.25, 0.3) is 0 Å². The Morgan fingerprint density at radius 3 is 2.47 bits per heavy atom. The minimum Gasteiger partial charge on any atom is -0.461 e. The third-order valence-corrected chi connectivity index (χ3v) is 5.58. The van der Waals surface area contributed by atoms with Crippen molar-refractivity contribution in [3.8, 4) is 17.1 Å². The summed E-state index contributed by atoms with van der Waals surface area (Å²) in [5, 5.41) is 13.1. The highest BCUT2D eigenvalue weighted by Gasteiger charge is 2.13. The molecule has 3 aromatic carbocycles. The summed E-state index contributed by atoms with van der Waals surface area (Å²) >= 11 is 0. The quantitative estimate of drug-likeness (QED) is 0.303. The number of esters is 1. The molecule has 4 rings (SSSR count). The Morgan fingerprint density at radius 1 is 0.944 bits per heavy atom. The standard InChI is InChI=1S/C28H28N4O4/c1-20-23(13-8-14-25(20)22-11-6-3-7-12-22)18-36-28-31-19-30-27(32-28)29-16-24(33)15-26(34)35-17-21-9-4-2-5-10-21/h2-14,19,24,33H,15-18H2,1H3,(H,29,30,31,32). The third-order valence-electron chi connectivity index (χ3n) is 5.58. The average Bonchev–Trinajstić information content (AvgIpc) is 2.91. The van der Waals surface area contributed by atoms with Crippen LogP contribution in [0, 0.1) is 6.92 Å². The Hall–Kier alpha value is -4.30. The highest BCUT2D eigenvalue weighted by molar-refractivity contribution is 5.70. The van der Waals surface area contributed by atoms with E-state index in [0.717, 1.165) is 27.8 Å². The number of hydrogen-bond acceptors (Lipinski definition) is 8. The minimum absolute atomic E-state index is 0.0715. The lowest BCUT2D eigenvalue weighted by Crippen LogP contribution is -2.24. The van der Waals surface area contributed by atoms with Crippen LogP contribution in [-0.2, 0) is 22.7 Å². The van der Waals surface area contributed by atoms with Gasteiger partial charge in [-0.1, -0.05) is 78.9 Å². The lowest BCUT2D eigenvalue weighted by Gasteiger charge is -2.13. The molecule has 1 unspecified atom stereocenters. The molecule has 0 aliphatic carbocycles. The normalized spacial score (nSPS) is 11.5. The Balaban J connectivity index is 1.26. The molecule has 0 saturated carbocycles. The smallest absolute Gasteiger partial charge is 0.321 e. The second-order valence-electron chi connectivity index (χ2n) is 8.22. The van der Waals surface area contributed by atoms with Crippen molar-refractivity contribution < 1.29 is 19.4 Å². The second kappa shape index (κ2) is 12.4. The van der Waals surface area contributed by atoms with Gasteiger partial charge < -0.3 is 19.9 Å². The van der Waals surface area contributed by atoms with E-state index in [1.165, 1.54) is 6.33 Å². The van der Waals surface area contributed by atoms with Gasteiger partial charge >= 0.3 is 12.0 Å². The summed E-state index contributed by atoms with van der Waals surface area (Å²) in [4.78, 5) is 24.3. The van der Waals surface area contributed by atoms with Crippen molar-refractivity contribution in [2.45, 2.75) is 32.7 Å². The Kier molecular flexibility index (Phi) is 8.56. The molecule has 8 heteroatoms. The number of nitrogens with zero attached hydrogens (tertiary/aromatic N) is 3. The molecule has 2 N–H and O–H groups in total. The summed E-state index contributed by atoms with van der Waals surface area (Å²) < 4.78 is 11.0. The molecular weight excluding hydrogens is 456 g/mol. The van der Waals surface area contributed by atoms with Crippen molar-refractivity contribution >= 4 is 11.9 Å². The maximum atomic E-state index is 12.0. The van der Waals surface area contributed by atoms with Crippen LogP contribution < -0.4 is 10.1 Å². The van der Waals surface area contributed by atoms with Crippen molar-refractivity contribution in [1.82, 2.24) is 15.0 Å². The zero-order valence-corrected chi connectivity index (χ0v) is 20.0. The molecular formula is C28H28N4O4. The van der Waals surface area contributed by atoms with Crippen LogP contribution in [0.15, 0.2) is 85.2 Å². The fourth-order valence-electron chi connectivity index (χ4n) is 3.62. The monoisotopic (exact) mass is 484 g/mol. The third kappa shape index (κ3) is 7.10. The van der Waals surface area contributed by atoms with Crippen LogP contribution in [0.3, 0.4) is 0 Å². The fourth-order valence-corrected chi connectivity index (χ4v) is 3.62. The van der Waals surface area contributed by atoms with Gasteiger partial charge in [-0.3, -0.25) is 4.79 Å². The van der Waals surface area contributed by atoms with Gasteiger partial charge in [-0.25, -0.2) is 4.98 Å². The Bertz CT molecular complexity index is 1270. The number of aromatic nitrogens is 3. The summed E-state index contributed by atoms with van der Waals surface area (Å²) in [6.45, 7) is 2.60. The molecule has 1 atom stereocenters. The van der Waals surface area contributed by atoms with Crippen LogP contribution in [0.2, 0.25) is 0 Å². The van der Waals surface area contributed by atoms with Crippen molar-refractivity contribution in [1.29, 1.82) is 0 Å². The number of aliphatic hydroxyl groups excluding tert-OH is 1. The molecule has 0 saturated heterocycles. The molecule has 0 spiro atoms. The largest absolute Gasteiger partial charge is 0.461 e. The van der Waals surface area contributed by atoms with Gasteiger partial charge in [0, 0.05) is 6.54 Å². The molecule has 0 bridgehead atoms. The highest BCUT2D eigenvalue weighted by Crippen LogP contribution is 2.26. The van der Waals surface area contributed by atoms with Gasteiger partial charge in [-0.05, 0) is 34.7 Å². The minimum atomic E-state index is -0.960. The first kappa shape index (κ1) is 24.8. The van der Waals surface area contributed by atoms with Crippen molar-refractivity contribution in [3.63, 3.8) is 0 Å². The van der Waals surface area contributed by atoms with E-state index in [1.54, 1.807) is 0 Å². The molecule has 0 aliphatic rings. The van der Waals surface area contributed by atoms with Crippen LogP contribution >= 0.6 is 0 Å². The number of carbonyl (C=O) groups is 1. The van der Waals surface area contributed by atoms with Gasteiger partial charge in [0.2, 0.25) is 5.95 Å². The first-order chi connectivity index (χ1) is 17.6. The summed E-state index contributed by atoms with van der Waals surface area (Å²) in [5.41, 5.74) is 5.32. The predicted octanol–water partition coefficient (Wildman–Crippen LogP) is 4.33. The summed E-state index contributed by atoms with van der Waals surface area (Å²) in [6.07, 6.45) is 0.224. The van der Waals surface area contributed by atoms with Crippen molar-refractivity contribution in [2.24, 2.45) is 0 Å². The predicted molar refractivity (Wildman–Crippen MR) is 136 cm³/mol. The van der Waals surface area contributed by atoms with Gasteiger partial charge in [0.05, 0.1) is 12.5 Å². The van der Waals surface area contributed by atoms with Crippen LogP contribution in [-0.4, -0.2) is 38.7 Å². The number of anilines is 1. The lowest BCUT2D eigenvalue weighted by atomic mass is 9.97. The molecule has 0 aliphatic heterocycles. The van der Waals surface area contributed by atoms with Crippen LogP contribution in [0.1, 0.15) is 23.1 Å². The first-order valence-electron chi connectivity index (χ1n) is 11.7. The van der Waals surface area contributed by atoms with E-state index in [9.17, 15) is 9.90 Å². The molecule has 184 valence electrons. The Morgan fingerprint density at radius 2 is 1.69 bits per heavy atom. The zero-order chi connectivity index (χ0) is 25.2. The molecule has 4 aromatic rings. The molecule has 1 aromatic heterocycles. The Labute approximate surface area is 210 Å². The topological polar surface area (TPSA) is 106 Å². The van der Waals surface area contributed by atoms with E-state index in [2.05, 4.69) is 45.4 Å². The van der Waals surface area contributed by atoms with Crippen molar-refractivity contribution in [2.75, 3.05) is 11.9 Å². The van der Waals surface area contributed by atoms with E-state index in [1.807, 2.05) is 60.7 Å². The van der Waals surface area contributed by atoms with Crippen LogP contribution in [0.5, 0.6) is 6.01 Å². The molecule has 0 amide bonds. The number of aliphatic hydroxyl groups is 1. The van der Waals surface area contributed by atoms with E-state index < -0.39 is 12.1 Å². The maximum Gasteiger partial charge on any atom is 0.321 e. The SMILES string of the molecule is Cc1c(COc2ncnc(NCC(O)CC(=O)OCc3ccccc3)n2)cccc1-c1ccccc1. The van der Waals surface area contributed by atoms with E-state index in [-0.39, 0.29) is 31.5 Å². The average molecular weight is 485 g/mol. The number of carbonyl (C=O) groups excluding carboxylic acids is 1. The van der Waals surface area contributed by atoms with Crippen molar-refractivity contribution in [3.05, 3.63) is 102 Å². The molecule has 1 heterocycles. The van der Waals surface area contributed by atoms with Gasteiger partial charge in [0.15, 0.2) is 0 Å². The molecule has 36 heavy (non-hydrogen) atoms. The molecule has 8 nitrogen and oxygen atoms in total. The second-order valence-corrected chi connectivity index (χ2v) is 8.22. The number of hydrogen-bond donors (Lipinski definition) is 2. The van der Waals surface area contributed by atoms with Crippen LogP contribution in [0.25, 0.3) is 11.1 Å². The number of rotatable bonds is 11. The highest BCUT2D eigenvalue weighted by atomic mass is 16.5. The summed E-state index contributed by atoms with van der Waals surface area (Å²) in [5.74, 6) is -0.243. The van der Waals surface area contributed by atoms with E-state index >= 15 is 0 Å². The molecule has 0 radical (unpaired) electrons. The van der Waals surface area contributed by atoms with Crippen LogP contribution in [0.4, 0.5) is 5.95 Å². The van der Waals surface area contributed by atoms with Gasteiger partial charge in [0.1, 0.15) is 19.5 Å². The first-order valence-corrected chi connectivity index (χ1v) is 11.7. The number of benzene rings is 3. The lowest BCUT2D eigenvalue weighted by molar-refractivity contribution is -0.147. The summed E-state index contributed by atoms with van der Waals surface area (Å²) in [7, 11) is 0. The maximum absolute atomic E-state index is 12.0. The van der Waals surface area contributed by atoms with E-state index in [4.69, 9.17) is 9.47 Å². The van der Waals surface area contributed by atoms with Gasteiger partial charge in [-0.15, -0.1) is 0 Å². The number of ether oxygens (including phenoxy) is 2. The van der Waals surface area contributed by atoms with Gasteiger partial charge in [-0.2, -0.15) is 9.97 Å². The zero-order valence-electron chi connectivity index (χ0n) is 20.0. The van der Waals surface area contributed by atoms with E-state index in [0.29, 0.717) is 6.61 Å². The summed E-state index contributed by atoms with van der Waals surface area (Å²) in [6, 6.07) is 25.8. The fraction of sp³-hybridized carbons (Fsp3) is 0.214.